The zero-order valence-electron chi connectivity index (χ0n) is 13.0. The molecule has 2 amide bonds. The maximum atomic E-state index is 11.9. The fraction of sp³-hybridized carbons (Fsp3) is 0.500. The SMILES string of the molecule is CC(=O)N(CCC(=O)NC(C)C)c1c(C)cccc1C. The molecule has 4 heteroatoms. The summed E-state index contributed by atoms with van der Waals surface area (Å²) in [6.45, 7) is 9.74. The molecule has 0 unspecified atom stereocenters. The first-order valence-corrected chi connectivity index (χ1v) is 6.96. The highest BCUT2D eigenvalue weighted by atomic mass is 16.2. The molecular weight excluding hydrogens is 252 g/mol. The van der Waals surface area contributed by atoms with Crippen molar-refractivity contribution in [3.63, 3.8) is 0 Å². The van der Waals surface area contributed by atoms with Gasteiger partial charge >= 0.3 is 0 Å². The lowest BCUT2D eigenvalue weighted by atomic mass is 10.1. The van der Waals surface area contributed by atoms with Gasteiger partial charge in [-0.1, -0.05) is 18.2 Å². The molecule has 20 heavy (non-hydrogen) atoms. The highest BCUT2D eigenvalue weighted by molar-refractivity contribution is 5.94. The minimum Gasteiger partial charge on any atom is -0.354 e. The highest BCUT2D eigenvalue weighted by Gasteiger charge is 2.17. The molecule has 0 aliphatic heterocycles. The van der Waals surface area contributed by atoms with E-state index in [9.17, 15) is 9.59 Å². The summed E-state index contributed by atoms with van der Waals surface area (Å²) in [7, 11) is 0. The fourth-order valence-electron chi connectivity index (χ4n) is 2.27. The van der Waals surface area contributed by atoms with Gasteiger partial charge in [-0.3, -0.25) is 9.59 Å². The van der Waals surface area contributed by atoms with Gasteiger partial charge in [0, 0.05) is 31.6 Å². The van der Waals surface area contributed by atoms with Crippen LogP contribution in [0.5, 0.6) is 0 Å². The number of anilines is 1. The number of aryl methyl sites for hydroxylation is 2. The van der Waals surface area contributed by atoms with Crippen molar-refractivity contribution in [2.24, 2.45) is 0 Å². The Hall–Kier alpha value is -1.84. The third kappa shape index (κ3) is 4.37. The summed E-state index contributed by atoms with van der Waals surface area (Å²) < 4.78 is 0. The van der Waals surface area contributed by atoms with Crippen LogP contribution in [0, 0.1) is 13.8 Å². The molecule has 0 aliphatic carbocycles. The predicted octanol–water partition coefficient (Wildman–Crippen LogP) is 2.57. The molecule has 0 aliphatic rings. The first-order valence-electron chi connectivity index (χ1n) is 6.96. The predicted molar refractivity (Wildman–Crippen MR) is 81.8 cm³/mol. The van der Waals surface area contributed by atoms with Crippen molar-refractivity contribution in [1.82, 2.24) is 5.32 Å². The van der Waals surface area contributed by atoms with E-state index in [2.05, 4.69) is 5.32 Å². The molecule has 0 radical (unpaired) electrons. The summed E-state index contributed by atoms with van der Waals surface area (Å²) in [6, 6.07) is 6.05. The van der Waals surface area contributed by atoms with Gasteiger partial charge in [0.25, 0.3) is 0 Å². The highest BCUT2D eigenvalue weighted by Crippen LogP contribution is 2.24. The van der Waals surface area contributed by atoms with Gasteiger partial charge in [0.15, 0.2) is 0 Å². The molecule has 0 aromatic heterocycles. The van der Waals surface area contributed by atoms with Crippen LogP contribution in [-0.4, -0.2) is 24.4 Å². The monoisotopic (exact) mass is 276 g/mol. The lowest BCUT2D eigenvalue weighted by Gasteiger charge is -2.25. The summed E-state index contributed by atoms with van der Waals surface area (Å²) in [5.41, 5.74) is 3.01. The number of nitrogens with one attached hydrogen (secondary N) is 1. The van der Waals surface area contributed by atoms with Crippen molar-refractivity contribution < 1.29 is 9.59 Å². The van der Waals surface area contributed by atoms with Crippen molar-refractivity contribution >= 4 is 17.5 Å². The fourth-order valence-corrected chi connectivity index (χ4v) is 2.27. The van der Waals surface area contributed by atoms with Gasteiger partial charge in [-0.2, -0.15) is 0 Å². The van der Waals surface area contributed by atoms with E-state index in [1.54, 1.807) is 4.90 Å². The second kappa shape index (κ2) is 7.08. The average Bonchev–Trinajstić information content (AvgIpc) is 2.31. The number of benzene rings is 1. The van der Waals surface area contributed by atoms with Crippen LogP contribution in [0.15, 0.2) is 18.2 Å². The number of hydrogen-bond donors (Lipinski definition) is 1. The van der Waals surface area contributed by atoms with Crippen molar-refractivity contribution in [2.45, 2.75) is 47.1 Å². The van der Waals surface area contributed by atoms with Gasteiger partial charge in [-0.25, -0.2) is 0 Å². The van der Waals surface area contributed by atoms with Gasteiger partial charge in [0.2, 0.25) is 11.8 Å². The Kier molecular flexibility index (Phi) is 5.74. The zero-order valence-corrected chi connectivity index (χ0v) is 13.0. The summed E-state index contributed by atoms with van der Waals surface area (Å²) >= 11 is 0. The third-order valence-corrected chi connectivity index (χ3v) is 3.10. The second-order valence-electron chi connectivity index (χ2n) is 5.38. The third-order valence-electron chi connectivity index (χ3n) is 3.10. The molecule has 110 valence electrons. The lowest BCUT2D eigenvalue weighted by Crippen LogP contribution is -2.36. The minimum absolute atomic E-state index is 0.0301. The van der Waals surface area contributed by atoms with E-state index in [1.807, 2.05) is 45.9 Å². The van der Waals surface area contributed by atoms with Crippen molar-refractivity contribution in [2.75, 3.05) is 11.4 Å². The normalized spacial score (nSPS) is 10.5. The van der Waals surface area contributed by atoms with E-state index in [-0.39, 0.29) is 17.9 Å². The van der Waals surface area contributed by atoms with Gasteiger partial charge in [0.1, 0.15) is 0 Å². The minimum atomic E-state index is -0.0419. The Morgan fingerprint density at radius 2 is 1.75 bits per heavy atom. The molecule has 0 saturated carbocycles. The van der Waals surface area contributed by atoms with Crippen LogP contribution in [0.1, 0.15) is 38.3 Å². The molecule has 1 rings (SSSR count). The van der Waals surface area contributed by atoms with E-state index >= 15 is 0 Å². The van der Waals surface area contributed by atoms with Crippen molar-refractivity contribution in [1.29, 1.82) is 0 Å². The number of amides is 2. The second-order valence-corrected chi connectivity index (χ2v) is 5.38. The Morgan fingerprint density at radius 3 is 2.20 bits per heavy atom. The van der Waals surface area contributed by atoms with Crippen LogP contribution >= 0.6 is 0 Å². The molecule has 4 nitrogen and oxygen atoms in total. The summed E-state index contributed by atoms with van der Waals surface area (Å²) in [4.78, 5) is 25.3. The first kappa shape index (κ1) is 16.2. The van der Waals surface area contributed by atoms with E-state index in [1.165, 1.54) is 6.92 Å². The van der Waals surface area contributed by atoms with Crippen molar-refractivity contribution in [3.05, 3.63) is 29.3 Å². The van der Waals surface area contributed by atoms with E-state index in [0.29, 0.717) is 13.0 Å². The number of carbonyl (C=O) groups is 2. The molecule has 0 fully saturated rings. The van der Waals surface area contributed by atoms with E-state index in [4.69, 9.17) is 0 Å². The van der Waals surface area contributed by atoms with Crippen LogP contribution in [0.2, 0.25) is 0 Å². The summed E-state index contributed by atoms with van der Waals surface area (Å²) in [5, 5.41) is 2.84. The largest absolute Gasteiger partial charge is 0.354 e. The quantitative estimate of drug-likeness (QED) is 0.898. The average molecular weight is 276 g/mol. The maximum Gasteiger partial charge on any atom is 0.223 e. The Bertz CT molecular complexity index is 475. The molecule has 0 atom stereocenters. The van der Waals surface area contributed by atoms with Gasteiger partial charge < -0.3 is 10.2 Å². The first-order chi connectivity index (χ1) is 9.32. The Morgan fingerprint density at radius 1 is 1.20 bits per heavy atom. The molecule has 0 spiro atoms. The molecule has 0 bridgehead atoms. The van der Waals surface area contributed by atoms with Gasteiger partial charge in [0.05, 0.1) is 0 Å². The summed E-state index contributed by atoms with van der Waals surface area (Å²) in [6.07, 6.45) is 0.311. The van der Waals surface area contributed by atoms with Crippen LogP contribution in [0.3, 0.4) is 0 Å². The molecular formula is C16H24N2O2. The maximum absolute atomic E-state index is 11.9. The number of nitrogens with zero attached hydrogens (tertiary/aromatic N) is 1. The number of carbonyl (C=O) groups excluding carboxylic acids is 2. The molecule has 0 heterocycles. The smallest absolute Gasteiger partial charge is 0.223 e. The molecule has 1 N–H and O–H groups in total. The van der Waals surface area contributed by atoms with Gasteiger partial charge in [-0.05, 0) is 38.8 Å². The number of hydrogen-bond acceptors (Lipinski definition) is 2. The Balaban J connectivity index is 2.86. The zero-order chi connectivity index (χ0) is 15.3. The Labute approximate surface area is 121 Å². The van der Waals surface area contributed by atoms with Crippen LogP contribution in [0.4, 0.5) is 5.69 Å². The lowest BCUT2D eigenvalue weighted by molar-refractivity contribution is -0.121. The van der Waals surface area contributed by atoms with Crippen molar-refractivity contribution in [3.8, 4) is 0 Å². The topological polar surface area (TPSA) is 49.4 Å². The van der Waals surface area contributed by atoms with Crippen LogP contribution < -0.4 is 10.2 Å². The standard InChI is InChI=1S/C16H24N2O2/c1-11(2)17-15(20)9-10-18(14(5)19)16-12(3)7-6-8-13(16)4/h6-8,11H,9-10H2,1-5H3,(H,17,20). The van der Waals surface area contributed by atoms with E-state index < -0.39 is 0 Å². The summed E-state index contributed by atoms with van der Waals surface area (Å²) in [5.74, 6) is -0.0720. The number of para-hydroxylation sites is 1. The molecule has 1 aromatic carbocycles. The van der Waals surface area contributed by atoms with E-state index in [0.717, 1.165) is 16.8 Å². The van der Waals surface area contributed by atoms with Crippen LogP contribution in [-0.2, 0) is 9.59 Å². The molecule has 0 saturated heterocycles. The number of rotatable bonds is 5. The van der Waals surface area contributed by atoms with Gasteiger partial charge in [-0.15, -0.1) is 0 Å². The van der Waals surface area contributed by atoms with Crippen LogP contribution in [0.25, 0.3) is 0 Å². The molecule has 1 aromatic rings.